The van der Waals surface area contributed by atoms with Gasteiger partial charge in [0, 0.05) is 12.6 Å². The molecule has 2 aromatic carbocycles. The van der Waals surface area contributed by atoms with Crippen molar-refractivity contribution >= 4 is 23.2 Å². The first kappa shape index (κ1) is 18.9. The third-order valence-electron chi connectivity index (χ3n) is 3.40. The number of carbonyl (C=O) groups is 2. The summed E-state index contributed by atoms with van der Waals surface area (Å²) in [7, 11) is 0. The van der Waals surface area contributed by atoms with Gasteiger partial charge in [-0.25, -0.2) is 0 Å². The lowest BCUT2D eigenvalue weighted by Gasteiger charge is -2.11. The first-order chi connectivity index (χ1) is 12.5. The molecule has 2 rings (SSSR count). The Morgan fingerprint density at radius 3 is 2.54 bits per heavy atom. The normalized spacial score (nSPS) is 10.0. The quantitative estimate of drug-likeness (QED) is 0.557. The number of benzene rings is 2. The van der Waals surface area contributed by atoms with E-state index in [0.717, 1.165) is 6.42 Å². The zero-order chi connectivity index (χ0) is 18.9. The lowest BCUT2D eigenvalue weighted by Crippen LogP contribution is -2.27. The van der Waals surface area contributed by atoms with Crippen molar-refractivity contribution in [1.29, 1.82) is 0 Å². The molecule has 136 valence electrons. The molecule has 0 spiro atoms. The molecule has 0 saturated carbocycles. The molecule has 0 aliphatic heterocycles. The molecule has 8 nitrogen and oxygen atoms in total. The first-order valence-corrected chi connectivity index (χ1v) is 8.06. The number of nitro benzene ring substituents is 1. The van der Waals surface area contributed by atoms with Crippen LogP contribution in [0.5, 0.6) is 5.75 Å². The summed E-state index contributed by atoms with van der Waals surface area (Å²) in [6.45, 7) is 2.05. The van der Waals surface area contributed by atoms with Crippen molar-refractivity contribution < 1.29 is 19.2 Å². The van der Waals surface area contributed by atoms with E-state index in [9.17, 15) is 19.7 Å². The van der Waals surface area contributed by atoms with Gasteiger partial charge in [-0.1, -0.05) is 31.2 Å². The molecule has 26 heavy (non-hydrogen) atoms. The number of rotatable bonds is 8. The van der Waals surface area contributed by atoms with Gasteiger partial charge in [-0.3, -0.25) is 19.7 Å². The van der Waals surface area contributed by atoms with Crippen molar-refractivity contribution in [2.45, 2.75) is 13.3 Å². The van der Waals surface area contributed by atoms with E-state index in [4.69, 9.17) is 4.74 Å². The summed E-state index contributed by atoms with van der Waals surface area (Å²) in [6, 6.07) is 12.4. The fourth-order valence-corrected chi connectivity index (χ4v) is 2.18. The lowest BCUT2D eigenvalue weighted by molar-refractivity contribution is -0.385. The Kier molecular flexibility index (Phi) is 6.67. The number of anilines is 1. The number of ether oxygens (including phenoxy) is 1. The number of para-hydroxylation sites is 3. The van der Waals surface area contributed by atoms with Crippen LogP contribution >= 0.6 is 0 Å². The van der Waals surface area contributed by atoms with Crippen molar-refractivity contribution in [2.75, 3.05) is 18.5 Å². The molecule has 2 N–H and O–H groups in total. The molecule has 0 fully saturated rings. The summed E-state index contributed by atoms with van der Waals surface area (Å²) in [4.78, 5) is 34.6. The second kappa shape index (κ2) is 9.16. The zero-order valence-corrected chi connectivity index (χ0v) is 14.2. The van der Waals surface area contributed by atoms with E-state index in [0.29, 0.717) is 17.8 Å². The van der Waals surface area contributed by atoms with E-state index in [1.807, 2.05) is 6.92 Å². The second-order valence-corrected chi connectivity index (χ2v) is 5.36. The summed E-state index contributed by atoms with van der Waals surface area (Å²) >= 11 is 0. The topological polar surface area (TPSA) is 111 Å². The summed E-state index contributed by atoms with van der Waals surface area (Å²) < 4.78 is 5.24. The summed E-state index contributed by atoms with van der Waals surface area (Å²) in [6.07, 6.45) is 0.796. The van der Waals surface area contributed by atoms with Gasteiger partial charge < -0.3 is 15.4 Å². The third-order valence-corrected chi connectivity index (χ3v) is 3.40. The highest BCUT2D eigenvalue weighted by molar-refractivity contribution is 6.04. The van der Waals surface area contributed by atoms with Gasteiger partial charge in [0.05, 0.1) is 16.2 Å². The minimum atomic E-state index is -0.583. The smallest absolute Gasteiger partial charge is 0.310 e. The summed E-state index contributed by atoms with van der Waals surface area (Å²) in [5.74, 6) is -0.817. The maximum absolute atomic E-state index is 12.1. The minimum Gasteiger partial charge on any atom is -0.477 e. The van der Waals surface area contributed by atoms with Crippen LogP contribution in [0, 0.1) is 10.1 Å². The number of nitro groups is 1. The highest BCUT2D eigenvalue weighted by Crippen LogP contribution is 2.25. The van der Waals surface area contributed by atoms with Gasteiger partial charge >= 0.3 is 5.69 Å². The zero-order valence-electron chi connectivity index (χ0n) is 14.2. The monoisotopic (exact) mass is 357 g/mol. The van der Waals surface area contributed by atoms with Gasteiger partial charge in [0.2, 0.25) is 0 Å². The first-order valence-electron chi connectivity index (χ1n) is 8.06. The predicted octanol–water partition coefficient (Wildman–Crippen LogP) is 2.75. The standard InChI is InChI=1S/C18H19N3O5/c1-2-11-19-18(23)13-7-3-4-8-14(13)20-17(22)12-26-16-10-6-5-9-15(16)21(24)25/h3-10H,2,11-12H2,1H3,(H,19,23)(H,20,22). The van der Waals surface area contributed by atoms with Crippen LogP contribution in [0.2, 0.25) is 0 Å². The van der Waals surface area contributed by atoms with Crippen LogP contribution in [-0.2, 0) is 4.79 Å². The van der Waals surface area contributed by atoms with Gasteiger partial charge in [0.1, 0.15) is 0 Å². The molecule has 0 heterocycles. The average molecular weight is 357 g/mol. The fraction of sp³-hybridized carbons (Fsp3) is 0.222. The van der Waals surface area contributed by atoms with Crippen molar-refractivity contribution in [2.24, 2.45) is 0 Å². The molecular formula is C18H19N3O5. The van der Waals surface area contributed by atoms with Crippen LogP contribution in [0.1, 0.15) is 23.7 Å². The van der Waals surface area contributed by atoms with Crippen LogP contribution in [0.4, 0.5) is 11.4 Å². The molecular weight excluding hydrogens is 338 g/mol. The maximum Gasteiger partial charge on any atom is 0.310 e. The number of amides is 2. The van der Waals surface area contributed by atoms with Crippen molar-refractivity contribution in [3.8, 4) is 5.75 Å². The van der Waals surface area contributed by atoms with Gasteiger partial charge in [-0.2, -0.15) is 0 Å². The van der Waals surface area contributed by atoms with Crippen LogP contribution in [0.25, 0.3) is 0 Å². The number of nitrogens with zero attached hydrogens (tertiary/aromatic N) is 1. The molecule has 0 saturated heterocycles. The highest BCUT2D eigenvalue weighted by atomic mass is 16.6. The summed E-state index contributed by atoms with van der Waals surface area (Å²) in [5, 5.41) is 16.3. The molecule has 0 bridgehead atoms. The Balaban J connectivity index is 2.03. The van der Waals surface area contributed by atoms with E-state index >= 15 is 0 Å². The number of carbonyl (C=O) groups excluding carboxylic acids is 2. The van der Waals surface area contributed by atoms with Crippen LogP contribution in [-0.4, -0.2) is 29.9 Å². The molecule has 0 aromatic heterocycles. The average Bonchev–Trinajstić information content (AvgIpc) is 2.65. The number of hydrogen-bond acceptors (Lipinski definition) is 5. The number of nitrogens with one attached hydrogen (secondary N) is 2. The SMILES string of the molecule is CCCNC(=O)c1ccccc1NC(=O)COc1ccccc1[N+](=O)[O-]. The Bertz CT molecular complexity index is 807. The minimum absolute atomic E-state index is 0.00150. The molecule has 2 amide bonds. The Hall–Kier alpha value is -3.42. The van der Waals surface area contributed by atoms with Gasteiger partial charge in [0.25, 0.3) is 11.8 Å². The van der Waals surface area contributed by atoms with Gasteiger partial charge in [-0.15, -0.1) is 0 Å². The van der Waals surface area contributed by atoms with E-state index in [1.165, 1.54) is 18.2 Å². The van der Waals surface area contributed by atoms with Crippen molar-refractivity contribution in [3.63, 3.8) is 0 Å². The predicted molar refractivity (Wildman–Crippen MR) is 96.3 cm³/mol. The van der Waals surface area contributed by atoms with E-state index < -0.39 is 17.4 Å². The largest absolute Gasteiger partial charge is 0.477 e. The Morgan fingerprint density at radius 2 is 1.81 bits per heavy atom. The molecule has 0 radical (unpaired) electrons. The number of hydrogen-bond donors (Lipinski definition) is 2. The Morgan fingerprint density at radius 1 is 1.12 bits per heavy atom. The fourth-order valence-electron chi connectivity index (χ4n) is 2.18. The van der Waals surface area contributed by atoms with Crippen LogP contribution < -0.4 is 15.4 Å². The molecule has 0 unspecified atom stereocenters. The highest BCUT2D eigenvalue weighted by Gasteiger charge is 2.16. The van der Waals surface area contributed by atoms with E-state index in [1.54, 1.807) is 30.3 Å². The van der Waals surface area contributed by atoms with Crippen molar-refractivity contribution in [1.82, 2.24) is 5.32 Å². The molecule has 0 aliphatic rings. The Labute approximate surface area is 150 Å². The maximum atomic E-state index is 12.1. The molecule has 2 aromatic rings. The van der Waals surface area contributed by atoms with Crippen LogP contribution in [0.15, 0.2) is 48.5 Å². The molecule has 0 aliphatic carbocycles. The van der Waals surface area contributed by atoms with Gasteiger partial charge in [-0.05, 0) is 24.6 Å². The van der Waals surface area contributed by atoms with Gasteiger partial charge in [0.15, 0.2) is 12.4 Å². The van der Waals surface area contributed by atoms with E-state index in [2.05, 4.69) is 10.6 Å². The molecule has 0 atom stereocenters. The lowest BCUT2D eigenvalue weighted by atomic mass is 10.1. The summed E-state index contributed by atoms with van der Waals surface area (Å²) in [5.41, 5.74) is 0.455. The van der Waals surface area contributed by atoms with Crippen LogP contribution in [0.3, 0.4) is 0 Å². The second-order valence-electron chi connectivity index (χ2n) is 5.36. The third kappa shape index (κ3) is 5.04. The van der Waals surface area contributed by atoms with E-state index in [-0.39, 0.29) is 17.3 Å². The van der Waals surface area contributed by atoms with Crippen molar-refractivity contribution in [3.05, 3.63) is 64.2 Å². The molecule has 8 heteroatoms.